The van der Waals surface area contributed by atoms with Crippen LogP contribution in [0.5, 0.6) is 0 Å². The summed E-state index contributed by atoms with van der Waals surface area (Å²) < 4.78 is 27.7. The minimum absolute atomic E-state index is 0.185. The summed E-state index contributed by atoms with van der Waals surface area (Å²) in [6.45, 7) is 10.2. The molecule has 1 fully saturated rings. The zero-order valence-corrected chi connectivity index (χ0v) is 13.4. The number of anilines is 1. The fourth-order valence-electron chi connectivity index (χ4n) is 3.15. The van der Waals surface area contributed by atoms with Crippen LogP contribution in [-0.2, 0) is 0 Å². The van der Waals surface area contributed by atoms with E-state index in [0.717, 1.165) is 19.5 Å². The SMILES string of the molecule is CC(C)CC1CN(c2cccc(F)c2F)C(C(C)C)CN1. The molecule has 118 valence electrons. The molecule has 0 aromatic heterocycles. The van der Waals surface area contributed by atoms with Crippen LogP contribution < -0.4 is 10.2 Å². The van der Waals surface area contributed by atoms with Gasteiger partial charge in [0, 0.05) is 25.2 Å². The van der Waals surface area contributed by atoms with Gasteiger partial charge in [-0.15, -0.1) is 0 Å². The Morgan fingerprint density at radius 1 is 1.24 bits per heavy atom. The normalized spacial score (nSPS) is 23.1. The maximum Gasteiger partial charge on any atom is 0.182 e. The number of benzene rings is 1. The first-order valence-corrected chi connectivity index (χ1v) is 7.84. The van der Waals surface area contributed by atoms with Crippen molar-refractivity contribution in [2.75, 3.05) is 18.0 Å². The summed E-state index contributed by atoms with van der Waals surface area (Å²) >= 11 is 0. The van der Waals surface area contributed by atoms with Gasteiger partial charge in [-0.25, -0.2) is 8.78 Å². The number of piperazine rings is 1. The smallest absolute Gasteiger partial charge is 0.182 e. The third-order valence-corrected chi connectivity index (χ3v) is 4.20. The Morgan fingerprint density at radius 2 is 1.95 bits per heavy atom. The summed E-state index contributed by atoms with van der Waals surface area (Å²) in [7, 11) is 0. The molecule has 1 aliphatic rings. The van der Waals surface area contributed by atoms with Crippen molar-refractivity contribution in [3.63, 3.8) is 0 Å². The molecule has 0 spiro atoms. The zero-order valence-electron chi connectivity index (χ0n) is 13.4. The van der Waals surface area contributed by atoms with E-state index < -0.39 is 11.6 Å². The molecule has 4 heteroatoms. The summed E-state index contributed by atoms with van der Waals surface area (Å²) in [4.78, 5) is 2.05. The molecule has 1 saturated heterocycles. The molecule has 1 heterocycles. The number of nitrogens with zero attached hydrogens (tertiary/aromatic N) is 1. The molecule has 1 aliphatic heterocycles. The lowest BCUT2D eigenvalue weighted by Gasteiger charge is -2.44. The van der Waals surface area contributed by atoms with Crippen molar-refractivity contribution in [3.05, 3.63) is 29.8 Å². The van der Waals surface area contributed by atoms with Crippen molar-refractivity contribution >= 4 is 5.69 Å². The molecule has 2 rings (SSSR count). The highest BCUT2D eigenvalue weighted by Crippen LogP contribution is 2.28. The first kappa shape index (κ1) is 16.2. The fourth-order valence-corrected chi connectivity index (χ4v) is 3.15. The van der Waals surface area contributed by atoms with Crippen LogP contribution in [0.4, 0.5) is 14.5 Å². The summed E-state index contributed by atoms with van der Waals surface area (Å²) in [5.74, 6) is -0.542. The highest BCUT2D eigenvalue weighted by atomic mass is 19.2. The molecule has 21 heavy (non-hydrogen) atoms. The van der Waals surface area contributed by atoms with Gasteiger partial charge in [0.25, 0.3) is 0 Å². The Labute approximate surface area is 126 Å². The highest BCUT2D eigenvalue weighted by molar-refractivity contribution is 5.50. The lowest BCUT2D eigenvalue weighted by atomic mass is 9.94. The van der Waals surface area contributed by atoms with E-state index in [2.05, 4.69) is 33.0 Å². The standard InChI is InChI=1S/C17H26F2N2/c1-11(2)8-13-10-21(16(9-20-13)12(3)4)15-7-5-6-14(18)17(15)19/h5-7,11-13,16,20H,8-10H2,1-4H3. The van der Waals surface area contributed by atoms with Crippen molar-refractivity contribution in [1.29, 1.82) is 0 Å². The summed E-state index contributed by atoms with van der Waals surface area (Å²) in [6.07, 6.45) is 1.04. The molecule has 0 aliphatic carbocycles. The number of hydrogen-bond donors (Lipinski definition) is 1. The predicted molar refractivity (Wildman–Crippen MR) is 83.6 cm³/mol. The van der Waals surface area contributed by atoms with E-state index in [9.17, 15) is 8.78 Å². The topological polar surface area (TPSA) is 15.3 Å². The summed E-state index contributed by atoms with van der Waals surface area (Å²) in [5, 5.41) is 3.56. The molecule has 0 bridgehead atoms. The van der Waals surface area contributed by atoms with Gasteiger partial charge >= 0.3 is 0 Å². The molecule has 2 atom stereocenters. The van der Waals surface area contributed by atoms with Gasteiger partial charge in [0.1, 0.15) is 0 Å². The average molecular weight is 296 g/mol. The second-order valence-electron chi connectivity index (χ2n) is 6.77. The van der Waals surface area contributed by atoms with Crippen LogP contribution in [0.2, 0.25) is 0 Å². The van der Waals surface area contributed by atoms with Crippen LogP contribution in [0.1, 0.15) is 34.1 Å². The van der Waals surface area contributed by atoms with E-state index >= 15 is 0 Å². The molecule has 0 saturated carbocycles. The Balaban J connectivity index is 2.27. The van der Waals surface area contributed by atoms with E-state index in [-0.39, 0.29) is 6.04 Å². The van der Waals surface area contributed by atoms with Crippen LogP contribution in [0.25, 0.3) is 0 Å². The molecule has 2 nitrogen and oxygen atoms in total. The van der Waals surface area contributed by atoms with Crippen molar-refractivity contribution < 1.29 is 8.78 Å². The van der Waals surface area contributed by atoms with E-state index in [4.69, 9.17) is 0 Å². The second-order valence-corrected chi connectivity index (χ2v) is 6.77. The van der Waals surface area contributed by atoms with Crippen LogP contribution >= 0.6 is 0 Å². The Bertz CT molecular complexity index is 474. The molecule has 1 aromatic rings. The van der Waals surface area contributed by atoms with Gasteiger partial charge in [-0.3, -0.25) is 0 Å². The molecule has 0 amide bonds. The fraction of sp³-hybridized carbons (Fsp3) is 0.647. The number of nitrogens with one attached hydrogen (secondary N) is 1. The van der Waals surface area contributed by atoms with E-state index in [1.54, 1.807) is 12.1 Å². The minimum Gasteiger partial charge on any atom is -0.363 e. The molecular weight excluding hydrogens is 270 g/mol. The van der Waals surface area contributed by atoms with Gasteiger partial charge < -0.3 is 10.2 Å². The van der Waals surface area contributed by atoms with Crippen molar-refractivity contribution in [1.82, 2.24) is 5.32 Å². The Kier molecular flexibility index (Phi) is 5.20. The van der Waals surface area contributed by atoms with Gasteiger partial charge in [0.15, 0.2) is 11.6 Å². The molecule has 1 aromatic carbocycles. The van der Waals surface area contributed by atoms with Crippen LogP contribution in [0.15, 0.2) is 18.2 Å². The first-order chi connectivity index (χ1) is 9.90. The molecule has 0 radical (unpaired) electrons. The average Bonchev–Trinajstić information content (AvgIpc) is 2.41. The maximum atomic E-state index is 14.2. The van der Waals surface area contributed by atoms with Crippen molar-refractivity contribution in [2.24, 2.45) is 11.8 Å². The van der Waals surface area contributed by atoms with E-state index in [1.807, 2.05) is 4.90 Å². The minimum atomic E-state index is -0.769. The summed E-state index contributed by atoms with van der Waals surface area (Å²) in [5.41, 5.74) is 0.393. The third-order valence-electron chi connectivity index (χ3n) is 4.20. The highest BCUT2D eigenvalue weighted by Gasteiger charge is 2.32. The van der Waals surface area contributed by atoms with E-state index in [0.29, 0.717) is 23.6 Å². The number of hydrogen-bond acceptors (Lipinski definition) is 2. The second kappa shape index (κ2) is 6.73. The molecular formula is C17H26F2N2. The van der Waals surface area contributed by atoms with Crippen LogP contribution in [-0.4, -0.2) is 25.2 Å². The van der Waals surface area contributed by atoms with E-state index in [1.165, 1.54) is 6.07 Å². The lowest BCUT2D eigenvalue weighted by molar-refractivity contribution is 0.308. The Hall–Kier alpha value is -1.16. The number of halogens is 2. The maximum absolute atomic E-state index is 14.2. The van der Waals surface area contributed by atoms with Gasteiger partial charge in [0.2, 0.25) is 0 Å². The quantitative estimate of drug-likeness (QED) is 0.909. The largest absolute Gasteiger partial charge is 0.363 e. The zero-order chi connectivity index (χ0) is 15.6. The van der Waals surface area contributed by atoms with Gasteiger partial charge in [-0.2, -0.15) is 0 Å². The summed E-state index contributed by atoms with van der Waals surface area (Å²) in [6, 6.07) is 4.96. The van der Waals surface area contributed by atoms with Crippen molar-refractivity contribution in [2.45, 2.75) is 46.2 Å². The van der Waals surface area contributed by atoms with Gasteiger partial charge in [-0.1, -0.05) is 33.8 Å². The van der Waals surface area contributed by atoms with Gasteiger partial charge in [0.05, 0.1) is 5.69 Å². The van der Waals surface area contributed by atoms with Crippen LogP contribution in [0, 0.1) is 23.5 Å². The lowest BCUT2D eigenvalue weighted by Crippen LogP contribution is -2.59. The predicted octanol–water partition coefficient (Wildman–Crippen LogP) is 3.81. The number of rotatable bonds is 4. The first-order valence-electron chi connectivity index (χ1n) is 7.84. The monoisotopic (exact) mass is 296 g/mol. The molecule has 2 unspecified atom stereocenters. The van der Waals surface area contributed by atoms with Crippen LogP contribution in [0.3, 0.4) is 0 Å². The third kappa shape index (κ3) is 3.73. The van der Waals surface area contributed by atoms with Crippen molar-refractivity contribution in [3.8, 4) is 0 Å². The Morgan fingerprint density at radius 3 is 2.57 bits per heavy atom. The molecule has 1 N–H and O–H groups in total. The van der Waals surface area contributed by atoms with Gasteiger partial charge in [-0.05, 0) is 30.4 Å².